The van der Waals surface area contributed by atoms with Crippen molar-refractivity contribution >= 4 is 10.0 Å². The fourth-order valence-electron chi connectivity index (χ4n) is 1.45. The molecular formula is C11H15F3N2O2S. The molecule has 1 rings (SSSR count). The van der Waals surface area contributed by atoms with Gasteiger partial charge in [-0.3, -0.25) is 4.98 Å². The number of hydrogen-bond acceptors (Lipinski definition) is 3. The summed E-state index contributed by atoms with van der Waals surface area (Å²) in [6.45, 7) is 0.122. The molecule has 19 heavy (non-hydrogen) atoms. The monoisotopic (exact) mass is 296 g/mol. The highest BCUT2D eigenvalue weighted by atomic mass is 32.2. The zero-order valence-electron chi connectivity index (χ0n) is 10.4. The van der Waals surface area contributed by atoms with E-state index in [2.05, 4.69) is 4.98 Å². The zero-order chi connectivity index (χ0) is 14.5. The maximum atomic E-state index is 12.0. The highest BCUT2D eigenvalue weighted by Gasteiger charge is 2.28. The van der Waals surface area contributed by atoms with E-state index >= 15 is 0 Å². The highest BCUT2D eigenvalue weighted by molar-refractivity contribution is 7.89. The average Bonchev–Trinajstić information content (AvgIpc) is 2.28. The van der Waals surface area contributed by atoms with Gasteiger partial charge in [0.15, 0.2) is 0 Å². The van der Waals surface area contributed by atoms with E-state index in [0.717, 1.165) is 9.87 Å². The van der Waals surface area contributed by atoms with Crippen molar-refractivity contribution in [3.8, 4) is 0 Å². The third kappa shape index (κ3) is 6.02. The SMILES string of the molecule is CN(Cc1ccncc1)S(=O)(=O)CCCC(F)(F)F. The second-order valence-electron chi connectivity index (χ2n) is 4.15. The predicted molar refractivity (Wildman–Crippen MR) is 64.8 cm³/mol. The molecule has 1 heterocycles. The van der Waals surface area contributed by atoms with Gasteiger partial charge in [0.1, 0.15) is 0 Å². The van der Waals surface area contributed by atoms with Crippen molar-refractivity contribution in [2.75, 3.05) is 12.8 Å². The molecule has 0 bridgehead atoms. The van der Waals surface area contributed by atoms with Crippen LogP contribution in [0.5, 0.6) is 0 Å². The van der Waals surface area contributed by atoms with Gasteiger partial charge in [-0.1, -0.05) is 0 Å². The second-order valence-corrected chi connectivity index (χ2v) is 6.34. The van der Waals surface area contributed by atoms with E-state index in [1.807, 2.05) is 0 Å². The molecule has 0 atom stereocenters. The summed E-state index contributed by atoms with van der Waals surface area (Å²) >= 11 is 0. The molecule has 0 amide bonds. The molecule has 1 aromatic rings. The summed E-state index contributed by atoms with van der Waals surface area (Å²) in [5.41, 5.74) is 0.733. The first-order chi connectivity index (χ1) is 8.71. The fraction of sp³-hybridized carbons (Fsp3) is 0.545. The van der Waals surface area contributed by atoms with Gasteiger partial charge in [0.05, 0.1) is 5.75 Å². The topological polar surface area (TPSA) is 50.3 Å². The standard InChI is InChI=1S/C11H15F3N2O2S/c1-16(9-10-3-6-15-7-4-10)19(17,18)8-2-5-11(12,13)14/h3-4,6-7H,2,5,8-9H2,1H3. The Kier molecular flexibility index (Phi) is 5.30. The van der Waals surface area contributed by atoms with Crippen LogP contribution in [-0.2, 0) is 16.6 Å². The van der Waals surface area contributed by atoms with Crippen LogP contribution in [0.25, 0.3) is 0 Å². The minimum Gasteiger partial charge on any atom is -0.265 e. The van der Waals surface area contributed by atoms with E-state index in [4.69, 9.17) is 0 Å². The maximum Gasteiger partial charge on any atom is 0.389 e. The molecule has 0 spiro atoms. The van der Waals surface area contributed by atoms with Crippen LogP contribution in [0.3, 0.4) is 0 Å². The first-order valence-corrected chi connectivity index (χ1v) is 7.21. The normalized spacial score (nSPS) is 12.9. The molecule has 0 saturated heterocycles. The Bertz CT molecular complexity index is 488. The van der Waals surface area contributed by atoms with Gasteiger partial charge >= 0.3 is 6.18 Å². The number of sulfonamides is 1. The molecule has 0 aliphatic heterocycles. The van der Waals surface area contributed by atoms with Crippen molar-refractivity contribution < 1.29 is 21.6 Å². The molecule has 0 saturated carbocycles. The van der Waals surface area contributed by atoms with Crippen molar-refractivity contribution in [2.45, 2.75) is 25.6 Å². The molecule has 0 aliphatic carbocycles. The molecule has 0 aromatic carbocycles. The maximum absolute atomic E-state index is 12.0. The van der Waals surface area contributed by atoms with Gasteiger partial charge in [-0.2, -0.15) is 13.2 Å². The summed E-state index contributed by atoms with van der Waals surface area (Å²) in [6.07, 6.45) is -2.78. The molecule has 8 heteroatoms. The van der Waals surface area contributed by atoms with Gasteiger partial charge in [-0.15, -0.1) is 0 Å². The number of nitrogens with zero attached hydrogens (tertiary/aromatic N) is 2. The largest absolute Gasteiger partial charge is 0.389 e. The van der Waals surface area contributed by atoms with Crippen LogP contribution in [0.2, 0.25) is 0 Å². The lowest BCUT2D eigenvalue weighted by atomic mass is 10.3. The summed E-state index contributed by atoms with van der Waals surface area (Å²) in [6, 6.07) is 3.31. The molecule has 1 aromatic heterocycles. The summed E-state index contributed by atoms with van der Waals surface area (Å²) < 4.78 is 60.5. The number of alkyl halides is 3. The van der Waals surface area contributed by atoms with Gasteiger partial charge in [0.25, 0.3) is 0 Å². The summed E-state index contributed by atoms with van der Waals surface area (Å²) in [4.78, 5) is 3.80. The Hall–Kier alpha value is -1.15. The quantitative estimate of drug-likeness (QED) is 0.808. The third-order valence-electron chi connectivity index (χ3n) is 2.49. The van der Waals surface area contributed by atoms with E-state index < -0.39 is 34.8 Å². The van der Waals surface area contributed by atoms with Crippen LogP contribution in [0.1, 0.15) is 18.4 Å². The minimum absolute atomic E-state index is 0.122. The molecule has 0 aliphatic rings. The number of hydrogen-bond donors (Lipinski definition) is 0. The predicted octanol–water partition coefficient (Wildman–Crippen LogP) is 2.19. The molecule has 0 radical (unpaired) electrons. The minimum atomic E-state index is -4.32. The first-order valence-electron chi connectivity index (χ1n) is 5.60. The first kappa shape index (κ1) is 15.9. The number of halogens is 3. The Labute approximate surface area is 110 Å². The molecule has 108 valence electrons. The lowest BCUT2D eigenvalue weighted by Gasteiger charge is -2.17. The lowest BCUT2D eigenvalue weighted by molar-refractivity contribution is -0.134. The van der Waals surface area contributed by atoms with Crippen LogP contribution in [0.15, 0.2) is 24.5 Å². The molecule has 0 unspecified atom stereocenters. The van der Waals surface area contributed by atoms with Crippen LogP contribution < -0.4 is 0 Å². The average molecular weight is 296 g/mol. The van der Waals surface area contributed by atoms with Crippen LogP contribution in [-0.4, -0.2) is 36.7 Å². The Morgan fingerprint density at radius 3 is 2.37 bits per heavy atom. The van der Waals surface area contributed by atoms with Gasteiger partial charge in [-0.25, -0.2) is 12.7 Å². The van der Waals surface area contributed by atoms with Crippen LogP contribution in [0, 0.1) is 0 Å². The fourth-order valence-corrected chi connectivity index (χ4v) is 2.62. The molecule has 4 nitrogen and oxygen atoms in total. The Morgan fingerprint density at radius 1 is 1.26 bits per heavy atom. The van der Waals surface area contributed by atoms with E-state index in [1.165, 1.54) is 19.4 Å². The van der Waals surface area contributed by atoms with E-state index in [0.29, 0.717) is 0 Å². The van der Waals surface area contributed by atoms with Crippen LogP contribution >= 0.6 is 0 Å². The third-order valence-corrected chi connectivity index (χ3v) is 4.38. The Balaban J connectivity index is 2.53. The zero-order valence-corrected chi connectivity index (χ0v) is 11.2. The van der Waals surface area contributed by atoms with Gasteiger partial charge in [0, 0.05) is 32.4 Å². The van der Waals surface area contributed by atoms with Gasteiger partial charge < -0.3 is 0 Å². The Morgan fingerprint density at radius 2 is 1.84 bits per heavy atom. The summed E-state index contributed by atoms with van der Waals surface area (Å²) in [5, 5.41) is 0. The molecular weight excluding hydrogens is 281 g/mol. The van der Waals surface area contributed by atoms with E-state index in [9.17, 15) is 21.6 Å². The summed E-state index contributed by atoms with van der Waals surface area (Å²) in [5.74, 6) is -0.506. The highest BCUT2D eigenvalue weighted by Crippen LogP contribution is 2.22. The van der Waals surface area contributed by atoms with E-state index in [1.54, 1.807) is 12.1 Å². The van der Waals surface area contributed by atoms with Crippen LogP contribution in [0.4, 0.5) is 13.2 Å². The molecule has 0 fully saturated rings. The van der Waals surface area contributed by atoms with Crippen molar-refractivity contribution in [1.82, 2.24) is 9.29 Å². The van der Waals surface area contributed by atoms with Crippen molar-refractivity contribution in [3.05, 3.63) is 30.1 Å². The van der Waals surface area contributed by atoms with Gasteiger partial charge in [-0.05, 0) is 24.1 Å². The number of rotatable bonds is 6. The van der Waals surface area contributed by atoms with Gasteiger partial charge in [0.2, 0.25) is 10.0 Å². The lowest BCUT2D eigenvalue weighted by Crippen LogP contribution is -2.29. The van der Waals surface area contributed by atoms with Crippen molar-refractivity contribution in [1.29, 1.82) is 0 Å². The second kappa shape index (κ2) is 6.33. The van der Waals surface area contributed by atoms with E-state index in [-0.39, 0.29) is 6.54 Å². The smallest absolute Gasteiger partial charge is 0.265 e. The van der Waals surface area contributed by atoms with Crippen molar-refractivity contribution in [2.24, 2.45) is 0 Å². The molecule has 0 N–H and O–H groups in total. The number of pyridine rings is 1. The summed E-state index contributed by atoms with van der Waals surface area (Å²) in [7, 11) is -2.32. The number of aromatic nitrogens is 1. The van der Waals surface area contributed by atoms with Crippen molar-refractivity contribution in [3.63, 3.8) is 0 Å².